The van der Waals surface area contributed by atoms with Crippen LogP contribution in [0.25, 0.3) is 0 Å². The molecule has 4 bridgehead atoms. The number of piperidine rings is 1. The summed E-state index contributed by atoms with van der Waals surface area (Å²) >= 11 is 0. The minimum Gasteiger partial charge on any atom is -0.493 e. The number of nitrogens with one attached hydrogen (secondary N) is 1. The molecule has 0 saturated carbocycles. The molecule has 3 heterocycles. The van der Waals surface area contributed by atoms with Crippen LogP contribution in [0.15, 0.2) is 54.9 Å². The summed E-state index contributed by atoms with van der Waals surface area (Å²) in [5, 5.41) is 3.21. The molecule has 0 spiro atoms. The Morgan fingerprint density at radius 3 is 2.81 bits per heavy atom. The summed E-state index contributed by atoms with van der Waals surface area (Å²) in [6, 6.07) is 13.3. The van der Waals surface area contributed by atoms with Gasteiger partial charge in [0.25, 0.3) is 0 Å². The Bertz CT molecular complexity index is 1390. The second kappa shape index (κ2) is 14.5. The zero-order valence-electron chi connectivity index (χ0n) is 25.2. The van der Waals surface area contributed by atoms with Crippen molar-refractivity contribution in [2.75, 3.05) is 47.0 Å². The van der Waals surface area contributed by atoms with Crippen LogP contribution in [0.3, 0.4) is 0 Å². The van der Waals surface area contributed by atoms with E-state index in [1.165, 1.54) is 0 Å². The monoisotopic (exact) mass is 591 g/mol. The SMILES string of the molecule is COCCCN1CC(=O)N[C@H]2CN(C(=O)Cn3ccnc3C)CC[C@H]2OCc2cccc(c2)Oc2cc(ccc2OC)C1. The third-order valence-electron chi connectivity index (χ3n) is 7.89. The van der Waals surface area contributed by atoms with Crippen LogP contribution >= 0.6 is 0 Å². The summed E-state index contributed by atoms with van der Waals surface area (Å²) in [7, 11) is 3.29. The van der Waals surface area contributed by atoms with E-state index in [1.807, 2.05) is 58.9 Å². The molecule has 3 aromatic rings. The average molecular weight is 592 g/mol. The Hall–Kier alpha value is -3.93. The fourth-order valence-corrected chi connectivity index (χ4v) is 5.60. The van der Waals surface area contributed by atoms with E-state index in [1.54, 1.807) is 26.6 Å². The maximum Gasteiger partial charge on any atom is 0.242 e. The summed E-state index contributed by atoms with van der Waals surface area (Å²) < 4.78 is 25.4. The molecule has 43 heavy (non-hydrogen) atoms. The van der Waals surface area contributed by atoms with E-state index in [0.29, 0.717) is 63.1 Å². The smallest absolute Gasteiger partial charge is 0.242 e. The first-order valence-electron chi connectivity index (χ1n) is 14.7. The van der Waals surface area contributed by atoms with E-state index in [2.05, 4.69) is 15.2 Å². The van der Waals surface area contributed by atoms with Gasteiger partial charge in [-0.3, -0.25) is 14.5 Å². The fourth-order valence-electron chi connectivity index (χ4n) is 5.60. The number of fused-ring (bicyclic) bond motifs is 5. The zero-order chi connectivity index (χ0) is 30.2. The minimum atomic E-state index is -0.352. The van der Waals surface area contributed by atoms with Crippen molar-refractivity contribution in [1.29, 1.82) is 0 Å². The van der Waals surface area contributed by atoms with E-state index >= 15 is 0 Å². The molecule has 2 atom stereocenters. The number of benzene rings is 2. The highest BCUT2D eigenvalue weighted by Crippen LogP contribution is 2.33. The van der Waals surface area contributed by atoms with E-state index in [4.69, 9.17) is 18.9 Å². The van der Waals surface area contributed by atoms with Crippen molar-refractivity contribution in [3.05, 3.63) is 71.8 Å². The highest BCUT2D eigenvalue weighted by atomic mass is 16.5. The topological polar surface area (TPSA) is 107 Å². The number of aryl methyl sites for hydroxylation is 1. The highest BCUT2D eigenvalue weighted by molar-refractivity contribution is 5.79. The lowest BCUT2D eigenvalue weighted by molar-refractivity contribution is -0.138. The fraction of sp³-hybridized carbons (Fsp3) is 0.469. The molecule has 1 aromatic heterocycles. The molecule has 230 valence electrons. The number of imidazole rings is 1. The molecule has 0 radical (unpaired) electrons. The Morgan fingerprint density at radius 1 is 1.14 bits per heavy atom. The standard InChI is InChI=1S/C32H41N5O6/c1-23-33-11-14-36(23)21-32(39)37-13-10-28-27(19-37)34-31(38)20-35(12-5-15-40-2)18-24-8-9-29(41-3)30(17-24)43-26-7-4-6-25(16-26)22-42-28/h4,6-9,11,14,16-17,27-28H,5,10,12-13,15,18-22H2,1-3H3,(H,34,38)/t27-,28+/m0/s1. The van der Waals surface area contributed by atoms with E-state index < -0.39 is 0 Å². The molecule has 1 saturated heterocycles. The molecule has 2 aliphatic rings. The third kappa shape index (κ3) is 8.13. The lowest BCUT2D eigenvalue weighted by atomic mass is 10.0. The van der Waals surface area contributed by atoms with E-state index in [0.717, 1.165) is 23.4 Å². The van der Waals surface area contributed by atoms with Gasteiger partial charge >= 0.3 is 0 Å². The molecule has 2 aromatic carbocycles. The van der Waals surface area contributed by atoms with Crippen LogP contribution in [0, 0.1) is 6.92 Å². The Balaban J connectivity index is 1.39. The lowest BCUT2D eigenvalue weighted by Crippen LogP contribution is -2.58. The normalized spacial score (nSPS) is 19.7. The molecule has 1 N–H and O–H groups in total. The summed E-state index contributed by atoms with van der Waals surface area (Å²) in [4.78, 5) is 34.9. The van der Waals surface area contributed by atoms with Crippen LogP contribution in [0.4, 0.5) is 0 Å². The number of carbonyl (C=O) groups is 2. The van der Waals surface area contributed by atoms with Gasteiger partial charge < -0.3 is 33.7 Å². The molecule has 2 aliphatic heterocycles. The van der Waals surface area contributed by atoms with Gasteiger partial charge in [0.1, 0.15) is 18.1 Å². The van der Waals surface area contributed by atoms with Crippen LogP contribution in [0.2, 0.25) is 0 Å². The van der Waals surface area contributed by atoms with Crippen molar-refractivity contribution >= 4 is 11.8 Å². The molecule has 11 heteroatoms. The number of ether oxygens (including phenoxy) is 4. The minimum absolute atomic E-state index is 0.0118. The summed E-state index contributed by atoms with van der Waals surface area (Å²) in [5.41, 5.74) is 1.94. The second-order valence-corrected chi connectivity index (χ2v) is 11.0. The van der Waals surface area contributed by atoms with E-state index in [-0.39, 0.29) is 37.0 Å². The maximum absolute atomic E-state index is 13.5. The Labute approximate surface area is 252 Å². The predicted octanol–water partition coefficient (Wildman–Crippen LogP) is 3.15. The molecule has 11 nitrogen and oxygen atoms in total. The van der Waals surface area contributed by atoms with Gasteiger partial charge in [-0.15, -0.1) is 0 Å². The van der Waals surface area contributed by atoms with Gasteiger partial charge in [-0.1, -0.05) is 18.2 Å². The first-order valence-corrected chi connectivity index (χ1v) is 14.7. The van der Waals surface area contributed by atoms with Gasteiger partial charge in [-0.05, 0) is 55.2 Å². The molecular formula is C32H41N5O6. The largest absolute Gasteiger partial charge is 0.493 e. The number of aromatic nitrogens is 2. The highest BCUT2D eigenvalue weighted by Gasteiger charge is 2.34. The summed E-state index contributed by atoms with van der Waals surface area (Å²) in [6.07, 6.45) is 4.63. The number of methoxy groups -OCH3 is 2. The van der Waals surface area contributed by atoms with Crippen molar-refractivity contribution in [2.45, 2.75) is 51.6 Å². The van der Waals surface area contributed by atoms with Crippen LogP contribution in [-0.2, 0) is 38.8 Å². The first kappa shape index (κ1) is 30.5. The molecule has 0 unspecified atom stereocenters. The van der Waals surface area contributed by atoms with Gasteiger partial charge in [0.05, 0.1) is 32.4 Å². The van der Waals surface area contributed by atoms with Crippen LogP contribution in [0.5, 0.6) is 17.2 Å². The van der Waals surface area contributed by atoms with Crippen LogP contribution in [0.1, 0.15) is 29.8 Å². The van der Waals surface area contributed by atoms with Crippen LogP contribution < -0.4 is 14.8 Å². The van der Waals surface area contributed by atoms with Crippen LogP contribution in [-0.4, -0.2) is 90.3 Å². The maximum atomic E-state index is 13.5. The zero-order valence-corrected chi connectivity index (χ0v) is 25.2. The molecule has 2 amide bonds. The van der Waals surface area contributed by atoms with Gasteiger partial charge in [0.2, 0.25) is 11.8 Å². The third-order valence-corrected chi connectivity index (χ3v) is 7.89. The predicted molar refractivity (Wildman–Crippen MR) is 160 cm³/mol. The quantitative estimate of drug-likeness (QED) is 0.418. The second-order valence-electron chi connectivity index (χ2n) is 11.0. The van der Waals surface area contributed by atoms with Gasteiger partial charge in [0, 0.05) is 52.3 Å². The Kier molecular flexibility index (Phi) is 10.3. The van der Waals surface area contributed by atoms with Crippen molar-refractivity contribution < 1.29 is 28.5 Å². The van der Waals surface area contributed by atoms with Gasteiger partial charge in [0.15, 0.2) is 11.5 Å². The van der Waals surface area contributed by atoms with Crippen molar-refractivity contribution in [3.63, 3.8) is 0 Å². The molecule has 5 rings (SSSR count). The van der Waals surface area contributed by atoms with E-state index in [9.17, 15) is 9.59 Å². The van der Waals surface area contributed by atoms with Gasteiger partial charge in [-0.25, -0.2) is 4.98 Å². The number of hydrogen-bond acceptors (Lipinski definition) is 8. The van der Waals surface area contributed by atoms with Crippen molar-refractivity contribution in [3.8, 4) is 17.2 Å². The van der Waals surface area contributed by atoms with Crippen molar-refractivity contribution in [2.24, 2.45) is 0 Å². The molecule has 0 aliphatic carbocycles. The molecular weight excluding hydrogens is 550 g/mol. The number of carbonyl (C=O) groups excluding carboxylic acids is 2. The number of likely N-dealkylation sites (tertiary alicyclic amines) is 1. The number of nitrogens with zero attached hydrogens (tertiary/aromatic N) is 4. The Morgan fingerprint density at radius 2 is 2.02 bits per heavy atom. The number of rotatable bonds is 7. The average Bonchev–Trinajstić information content (AvgIpc) is 3.40. The number of amides is 2. The summed E-state index contributed by atoms with van der Waals surface area (Å²) in [5.74, 6) is 2.57. The van der Waals surface area contributed by atoms with Crippen molar-refractivity contribution in [1.82, 2.24) is 24.7 Å². The lowest BCUT2D eigenvalue weighted by Gasteiger charge is -2.39. The molecule has 1 fully saturated rings. The first-order chi connectivity index (χ1) is 20.9. The summed E-state index contributed by atoms with van der Waals surface area (Å²) in [6.45, 7) is 5.34. The number of hydrogen-bond donors (Lipinski definition) is 1. The van der Waals surface area contributed by atoms with Gasteiger partial charge in [-0.2, -0.15) is 0 Å².